The zero-order valence-corrected chi connectivity index (χ0v) is 14.5. The van der Waals surface area contributed by atoms with Crippen molar-refractivity contribution in [1.29, 1.82) is 0 Å². The molecule has 0 saturated carbocycles. The molecular formula is C17H12BrClN2O2. The molecule has 1 amide bonds. The van der Waals surface area contributed by atoms with E-state index in [4.69, 9.17) is 11.6 Å². The Labute approximate surface area is 146 Å². The number of halogens is 2. The van der Waals surface area contributed by atoms with E-state index in [2.05, 4.69) is 21.2 Å². The van der Waals surface area contributed by atoms with E-state index in [0.29, 0.717) is 27.2 Å². The molecule has 1 heterocycles. The van der Waals surface area contributed by atoms with Crippen LogP contribution in [0.15, 0.2) is 53.1 Å². The maximum atomic E-state index is 12.6. The third kappa shape index (κ3) is 3.02. The molecular weight excluding hydrogens is 380 g/mol. The first-order valence-corrected chi connectivity index (χ1v) is 8.02. The highest BCUT2D eigenvalue weighted by Crippen LogP contribution is 2.27. The van der Waals surface area contributed by atoms with Gasteiger partial charge in [0.1, 0.15) is 0 Å². The molecule has 3 rings (SSSR count). The number of benzene rings is 2. The summed E-state index contributed by atoms with van der Waals surface area (Å²) < 4.78 is 2.22. The van der Waals surface area contributed by atoms with Gasteiger partial charge in [0, 0.05) is 28.0 Å². The summed E-state index contributed by atoms with van der Waals surface area (Å²) in [7, 11) is 0. The van der Waals surface area contributed by atoms with Gasteiger partial charge >= 0.3 is 0 Å². The van der Waals surface area contributed by atoms with Crippen LogP contribution in [0.1, 0.15) is 22.1 Å². The van der Waals surface area contributed by atoms with E-state index >= 15 is 0 Å². The van der Waals surface area contributed by atoms with Crippen molar-refractivity contribution in [3.63, 3.8) is 0 Å². The number of para-hydroxylation sites is 1. The third-order valence-electron chi connectivity index (χ3n) is 3.47. The van der Waals surface area contributed by atoms with Crippen LogP contribution in [0.25, 0.3) is 10.9 Å². The smallest absolute Gasteiger partial charge is 0.257 e. The number of fused-ring (bicyclic) bond motifs is 1. The van der Waals surface area contributed by atoms with Crippen LogP contribution in [0.2, 0.25) is 5.02 Å². The number of hydrogen-bond donors (Lipinski definition) is 1. The molecule has 0 unspecified atom stereocenters. The molecule has 0 aliphatic carbocycles. The molecule has 0 aliphatic rings. The second-order valence-corrected chi connectivity index (χ2v) is 6.32. The number of aromatic nitrogens is 1. The van der Waals surface area contributed by atoms with Crippen LogP contribution in [0, 0.1) is 0 Å². The van der Waals surface area contributed by atoms with Crippen molar-refractivity contribution in [3.8, 4) is 0 Å². The molecule has 3 aromatic rings. The lowest BCUT2D eigenvalue weighted by molar-refractivity contribution is 0.0941. The van der Waals surface area contributed by atoms with Gasteiger partial charge in [-0.05, 0) is 46.3 Å². The Kier molecular flexibility index (Phi) is 4.24. The average molecular weight is 392 g/mol. The third-order valence-corrected chi connectivity index (χ3v) is 4.40. The predicted octanol–water partition coefficient (Wildman–Crippen LogP) is 4.97. The second-order valence-electron chi connectivity index (χ2n) is 5.03. The lowest BCUT2D eigenvalue weighted by atomic mass is 10.1. The number of carbonyl (C=O) groups excluding carboxylic acids is 2. The van der Waals surface area contributed by atoms with E-state index in [1.54, 1.807) is 24.3 Å². The average Bonchev–Trinajstić information content (AvgIpc) is 2.88. The molecule has 2 aromatic carbocycles. The van der Waals surface area contributed by atoms with Gasteiger partial charge in [-0.15, -0.1) is 0 Å². The van der Waals surface area contributed by atoms with Crippen LogP contribution >= 0.6 is 27.5 Å². The van der Waals surface area contributed by atoms with E-state index in [1.807, 2.05) is 18.2 Å². The molecule has 6 heteroatoms. The standard InChI is InChI=1S/C17H12BrClN2O2/c1-10(22)21-9-13(12-8-11(19)6-7-16(12)21)17(23)20-15-5-3-2-4-14(15)18/h2-9H,1H3,(H,20,23). The van der Waals surface area contributed by atoms with Crippen molar-refractivity contribution < 1.29 is 9.59 Å². The number of rotatable bonds is 2. The molecule has 0 aliphatic heterocycles. The van der Waals surface area contributed by atoms with Crippen molar-refractivity contribution in [2.45, 2.75) is 6.92 Å². The Hall–Kier alpha value is -2.11. The van der Waals surface area contributed by atoms with Crippen LogP contribution in [-0.2, 0) is 0 Å². The van der Waals surface area contributed by atoms with Crippen LogP contribution < -0.4 is 5.32 Å². The zero-order valence-electron chi connectivity index (χ0n) is 12.1. The number of carbonyl (C=O) groups is 2. The van der Waals surface area contributed by atoms with Gasteiger partial charge < -0.3 is 5.32 Å². The minimum absolute atomic E-state index is 0.169. The molecule has 0 bridgehead atoms. The van der Waals surface area contributed by atoms with Gasteiger partial charge in [0.2, 0.25) is 5.91 Å². The topological polar surface area (TPSA) is 51.1 Å². The van der Waals surface area contributed by atoms with Crippen molar-refractivity contribution in [1.82, 2.24) is 4.57 Å². The Morgan fingerprint density at radius 2 is 1.91 bits per heavy atom. The molecule has 0 fully saturated rings. The van der Waals surface area contributed by atoms with E-state index in [9.17, 15) is 9.59 Å². The van der Waals surface area contributed by atoms with Gasteiger partial charge in [0.25, 0.3) is 5.91 Å². The van der Waals surface area contributed by atoms with Crippen molar-refractivity contribution in [3.05, 3.63) is 63.7 Å². The number of nitrogens with one attached hydrogen (secondary N) is 1. The summed E-state index contributed by atoms with van der Waals surface area (Å²) in [6, 6.07) is 12.4. The fourth-order valence-electron chi connectivity index (χ4n) is 2.40. The first-order valence-electron chi connectivity index (χ1n) is 6.85. The van der Waals surface area contributed by atoms with Crippen molar-refractivity contribution in [2.75, 3.05) is 5.32 Å². The lowest BCUT2D eigenvalue weighted by Crippen LogP contribution is -2.12. The minimum Gasteiger partial charge on any atom is -0.321 e. The molecule has 0 radical (unpaired) electrons. The summed E-state index contributed by atoms with van der Waals surface area (Å²) in [5.41, 5.74) is 1.70. The zero-order chi connectivity index (χ0) is 16.6. The van der Waals surface area contributed by atoms with Crippen LogP contribution in [0.4, 0.5) is 5.69 Å². The number of anilines is 1. The summed E-state index contributed by atoms with van der Waals surface area (Å²) >= 11 is 9.43. The number of nitrogens with zero attached hydrogens (tertiary/aromatic N) is 1. The first kappa shape index (κ1) is 15.8. The summed E-state index contributed by atoms with van der Waals surface area (Å²) in [4.78, 5) is 24.4. The van der Waals surface area contributed by atoms with Gasteiger partial charge in [-0.2, -0.15) is 0 Å². The van der Waals surface area contributed by atoms with Gasteiger partial charge in [-0.1, -0.05) is 23.7 Å². The minimum atomic E-state index is -0.302. The summed E-state index contributed by atoms with van der Waals surface area (Å²) in [5, 5.41) is 3.98. The molecule has 1 N–H and O–H groups in total. The quantitative estimate of drug-likeness (QED) is 0.670. The normalized spacial score (nSPS) is 10.7. The maximum Gasteiger partial charge on any atom is 0.257 e. The molecule has 116 valence electrons. The molecule has 23 heavy (non-hydrogen) atoms. The van der Waals surface area contributed by atoms with Crippen molar-refractivity contribution in [2.24, 2.45) is 0 Å². The maximum absolute atomic E-state index is 12.6. The fraction of sp³-hybridized carbons (Fsp3) is 0.0588. The Balaban J connectivity index is 2.08. The molecule has 0 atom stereocenters. The van der Waals surface area contributed by atoms with Crippen LogP contribution in [-0.4, -0.2) is 16.4 Å². The van der Waals surface area contributed by atoms with E-state index in [0.717, 1.165) is 4.47 Å². The van der Waals surface area contributed by atoms with Gasteiger partial charge in [-0.3, -0.25) is 14.2 Å². The summed E-state index contributed by atoms with van der Waals surface area (Å²) in [6.45, 7) is 1.45. The molecule has 0 spiro atoms. The predicted molar refractivity (Wildman–Crippen MR) is 95.3 cm³/mol. The lowest BCUT2D eigenvalue weighted by Gasteiger charge is -2.06. The highest BCUT2D eigenvalue weighted by atomic mass is 79.9. The number of hydrogen-bond acceptors (Lipinski definition) is 2. The fourth-order valence-corrected chi connectivity index (χ4v) is 2.95. The van der Waals surface area contributed by atoms with Gasteiger partial charge in [0.05, 0.1) is 16.8 Å². The monoisotopic (exact) mass is 390 g/mol. The van der Waals surface area contributed by atoms with Gasteiger partial charge in [0.15, 0.2) is 0 Å². The Bertz CT molecular complexity index is 933. The summed E-state index contributed by atoms with van der Waals surface area (Å²) in [6.07, 6.45) is 1.54. The Morgan fingerprint density at radius 1 is 1.17 bits per heavy atom. The first-order chi connectivity index (χ1) is 11.0. The molecule has 4 nitrogen and oxygen atoms in total. The molecule has 0 saturated heterocycles. The van der Waals surface area contributed by atoms with E-state index < -0.39 is 0 Å². The van der Waals surface area contributed by atoms with Gasteiger partial charge in [-0.25, -0.2) is 0 Å². The second kappa shape index (κ2) is 6.18. The van der Waals surface area contributed by atoms with E-state index in [1.165, 1.54) is 17.7 Å². The Morgan fingerprint density at radius 3 is 2.61 bits per heavy atom. The van der Waals surface area contributed by atoms with E-state index in [-0.39, 0.29) is 11.8 Å². The van der Waals surface area contributed by atoms with Crippen LogP contribution in [0.5, 0.6) is 0 Å². The number of amides is 1. The summed E-state index contributed by atoms with van der Waals surface area (Å²) in [5.74, 6) is -0.471. The highest BCUT2D eigenvalue weighted by Gasteiger charge is 2.18. The highest BCUT2D eigenvalue weighted by molar-refractivity contribution is 9.10. The van der Waals surface area contributed by atoms with Crippen LogP contribution in [0.3, 0.4) is 0 Å². The SMILES string of the molecule is CC(=O)n1cc(C(=O)Nc2ccccc2Br)c2cc(Cl)ccc21. The van der Waals surface area contributed by atoms with Crippen molar-refractivity contribution >= 4 is 55.9 Å². The largest absolute Gasteiger partial charge is 0.321 e. The molecule has 1 aromatic heterocycles.